The number of carbonyl (C=O) groups excluding carboxylic acids is 2. The summed E-state index contributed by atoms with van der Waals surface area (Å²) in [4.78, 5) is 33.1. The summed E-state index contributed by atoms with van der Waals surface area (Å²) in [6.07, 6.45) is 0. The van der Waals surface area contributed by atoms with Crippen molar-refractivity contribution in [2.75, 3.05) is 19.1 Å². The fraction of sp³-hybridized carbons (Fsp3) is 0.179. The summed E-state index contributed by atoms with van der Waals surface area (Å²) >= 11 is 7.34. The molecular formula is C28H23ClN2O5S. The number of ketones is 1. The zero-order valence-electron chi connectivity index (χ0n) is 20.5. The second-order valence-electron chi connectivity index (χ2n) is 8.72. The van der Waals surface area contributed by atoms with Gasteiger partial charge in [0.1, 0.15) is 5.76 Å². The Labute approximate surface area is 222 Å². The zero-order valence-corrected chi connectivity index (χ0v) is 22.1. The SMILES string of the molecule is COc1ccc([C@@H]2/C(=C(\O)c3ccc(Cl)cc3)C(=O)C(=O)N2c2nc3c(C)cc(C)cc3s2)cc1OC. The van der Waals surface area contributed by atoms with Gasteiger partial charge in [-0.05, 0) is 73.0 Å². The summed E-state index contributed by atoms with van der Waals surface area (Å²) in [6.45, 7) is 3.95. The number of aryl methyl sites for hydroxylation is 2. The minimum absolute atomic E-state index is 0.0494. The zero-order chi connectivity index (χ0) is 26.4. The van der Waals surface area contributed by atoms with Gasteiger partial charge in [0, 0.05) is 10.6 Å². The Morgan fingerprint density at radius 3 is 2.38 bits per heavy atom. The molecule has 0 unspecified atom stereocenters. The molecule has 5 rings (SSSR count). The monoisotopic (exact) mass is 534 g/mol. The Bertz CT molecular complexity index is 1590. The van der Waals surface area contributed by atoms with Gasteiger partial charge in [0.2, 0.25) is 0 Å². The maximum Gasteiger partial charge on any atom is 0.301 e. The largest absolute Gasteiger partial charge is 0.507 e. The number of amides is 1. The van der Waals surface area contributed by atoms with Crippen LogP contribution in [0.15, 0.2) is 60.2 Å². The number of aromatic nitrogens is 1. The number of anilines is 1. The van der Waals surface area contributed by atoms with Crippen LogP contribution in [-0.2, 0) is 9.59 Å². The molecule has 37 heavy (non-hydrogen) atoms. The normalized spacial score (nSPS) is 17.0. The maximum atomic E-state index is 13.5. The van der Waals surface area contributed by atoms with Crippen molar-refractivity contribution >= 4 is 55.7 Å². The number of aliphatic hydroxyl groups is 1. The van der Waals surface area contributed by atoms with Crippen molar-refractivity contribution in [2.24, 2.45) is 0 Å². The van der Waals surface area contributed by atoms with Gasteiger partial charge in [-0.25, -0.2) is 4.98 Å². The molecule has 1 aliphatic heterocycles. The number of benzene rings is 3. The number of thiazole rings is 1. The predicted molar refractivity (Wildman–Crippen MR) is 145 cm³/mol. The van der Waals surface area contributed by atoms with Gasteiger partial charge < -0.3 is 14.6 Å². The lowest BCUT2D eigenvalue weighted by atomic mass is 9.95. The molecule has 1 saturated heterocycles. The molecule has 1 N–H and O–H groups in total. The van der Waals surface area contributed by atoms with Crippen LogP contribution in [0.2, 0.25) is 5.02 Å². The van der Waals surface area contributed by atoms with Crippen molar-refractivity contribution in [3.05, 3.63) is 87.4 Å². The van der Waals surface area contributed by atoms with Gasteiger partial charge in [0.25, 0.3) is 5.78 Å². The quantitative estimate of drug-likeness (QED) is 0.186. The molecule has 2 heterocycles. The molecule has 0 spiro atoms. The summed E-state index contributed by atoms with van der Waals surface area (Å²) in [7, 11) is 3.03. The number of halogens is 1. The molecule has 0 saturated carbocycles. The topological polar surface area (TPSA) is 89.0 Å². The van der Waals surface area contributed by atoms with Crippen LogP contribution >= 0.6 is 22.9 Å². The minimum Gasteiger partial charge on any atom is -0.507 e. The molecule has 0 aliphatic carbocycles. The van der Waals surface area contributed by atoms with Gasteiger partial charge in [0.05, 0.1) is 36.1 Å². The van der Waals surface area contributed by atoms with Crippen LogP contribution in [0.4, 0.5) is 5.13 Å². The van der Waals surface area contributed by atoms with E-state index in [9.17, 15) is 14.7 Å². The third-order valence-corrected chi connectivity index (χ3v) is 7.56. The van der Waals surface area contributed by atoms with Crippen LogP contribution in [0, 0.1) is 13.8 Å². The van der Waals surface area contributed by atoms with E-state index in [0.29, 0.717) is 32.8 Å². The first-order valence-corrected chi connectivity index (χ1v) is 12.6. The van der Waals surface area contributed by atoms with Gasteiger partial charge in [-0.2, -0.15) is 0 Å². The predicted octanol–water partition coefficient (Wildman–Crippen LogP) is 6.21. The standard InChI is InChI=1S/C28H23ClN2O5S/c1-14-11-15(2)23-21(12-14)37-28(30-23)31-24(17-7-10-19(35-3)20(13-17)36-4)22(26(33)27(31)34)25(32)16-5-8-18(29)9-6-16/h5-13,24,32H,1-4H3/b25-22+/t24-/m1/s1. The highest BCUT2D eigenvalue weighted by atomic mass is 35.5. The number of carbonyl (C=O) groups is 2. The fourth-order valence-corrected chi connectivity index (χ4v) is 5.89. The van der Waals surface area contributed by atoms with Gasteiger partial charge >= 0.3 is 5.91 Å². The highest BCUT2D eigenvalue weighted by molar-refractivity contribution is 7.22. The van der Waals surface area contributed by atoms with Crippen molar-refractivity contribution in [2.45, 2.75) is 19.9 Å². The summed E-state index contributed by atoms with van der Waals surface area (Å²) < 4.78 is 11.8. The number of hydrogen-bond donors (Lipinski definition) is 1. The average molecular weight is 535 g/mol. The second-order valence-corrected chi connectivity index (χ2v) is 10.2. The Morgan fingerprint density at radius 2 is 1.70 bits per heavy atom. The maximum absolute atomic E-state index is 13.5. The number of hydrogen-bond acceptors (Lipinski definition) is 7. The molecule has 188 valence electrons. The van der Waals surface area contributed by atoms with E-state index in [-0.39, 0.29) is 11.3 Å². The van der Waals surface area contributed by atoms with E-state index in [4.69, 9.17) is 26.1 Å². The Balaban J connectivity index is 1.76. The fourth-order valence-electron chi connectivity index (χ4n) is 4.59. The van der Waals surface area contributed by atoms with E-state index in [1.54, 1.807) is 42.5 Å². The highest BCUT2D eigenvalue weighted by Gasteiger charge is 2.48. The lowest BCUT2D eigenvalue weighted by Gasteiger charge is -2.23. The molecule has 1 fully saturated rings. The van der Waals surface area contributed by atoms with Crippen LogP contribution in [0.1, 0.15) is 28.3 Å². The van der Waals surface area contributed by atoms with Crippen LogP contribution in [0.25, 0.3) is 16.0 Å². The molecule has 0 radical (unpaired) electrons. The second kappa shape index (κ2) is 9.53. The third kappa shape index (κ3) is 4.22. The number of rotatable bonds is 5. The van der Waals surface area contributed by atoms with Crippen molar-refractivity contribution in [1.29, 1.82) is 0 Å². The Kier molecular flexibility index (Phi) is 6.39. The van der Waals surface area contributed by atoms with E-state index in [2.05, 4.69) is 0 Å². The van der Waals surface area contributed by atoms with Gasteiger partial charge in [-0.15, -0.1) is 0 Å². The number of methoxy groups -OCH3 is 2. The van der Waals surface area contributed by atoms with E-state index in [1.807, 2.05) is 26.0 Å². The number of nitrogens with zero attached hydrogens (tertiary/aromatic N) is 2. The lowest BCUT2D eigenvalue weighted by Crippen LogP contribution is -2.29. The van der Waals surface area contributed by atoms with E-state index < -0.39 is 17.7 Å². The third-order valence-electron chi connectivity index (χ3n) is 6.31. The average Bonchev–Trinajstić information content (AvgIpc) is 3.42. The van der Waals surface area contributed by atoms with Crippen molar-refractivity contribution < 1.29 is 24.2 Å². The van der Waals surface area contributed by atoms with Gasteiger partial charge in [-0.3, -0.25) is 14.5 Å². The minimum atomic E-state index is -0.947. The number of aliphatic hydroxyl groups excluding tert-OH is 1. The molecule has 1 aromatic heterocycles. The summed E-state index contributed by atoms with van der Waals surface area (Å²) in [5.74, 6) is -0.964. The number of Topliss-reactive ketones (excluding diaryl/α,β-unsaturated/α-hetero) is 1. The van der Waals surface area contributed by atoms with Crippen molar-refractivity contribution in [3.63, 3.8) is 0 Å². The van der Waals surface area contributed by atoms with Crippen LogP contribution in [0.5, 0.6) is 11.5 Å². The first kappa shape index (κ1) is 24.8. The Hall–Kier alpha value is -3.88. The van der Waals surface area contributed by atoms with Crippen LogP contribution in [-0.4, -0.2) is 36.0 Å². The molecule has 7 nitrogen and oxygen atoms in total. The molecule has 1 aliphatic rings. The summed E-state index contributed by atoms with van der Waals surface area (Å²) in [6, 6.07) is 14.6. The molecule has 1 atom stereocenters. The van der Waals surface area contributed by atoms with E-state index in [1.165, 1.54) is 30.5 Å². The molecule has 4 aromatic rings. The first-order valence-electron chi connectivity index (χ1n) is 11.4. The molecular weight excluding hydrogens is 512 g/mol. The summed E-state index contributed by atoms with van der Waals surface area (Å²) in [5, 5.41) is 12.1. The molecule has 9 heteroatoms. The lowest BCUT2D eigenvalue weighted by molar-refractivity contribution is -0.132. The molecule has 0 bridgehead atoms. The van der Waals surface area contributed by atoms with Gasteiger partial charge in [-0.1, -0.05) is 35.1 Å². The smallest absolute Gasteiger partial charge is 0.301 e. The van der Waals surface area contributed by atoms with E-state index >= 15 is 0 Å². The first-order chi connectivity index (χ1) is 17.7. The highest BCUT2D eigenvalue weighted by Crippen LogP contribution is 2.46. The number of fused-ring (bicyclic) bond motifs is 1. The Morgan fingerprint density at radius 1 is 1.00 bits per heavy atom. The van der Waals surface area contributed by atoms with Crippen molar-refractivity contribution in [3.8, 4) is 11.5 Å². The summed E-state index contributed by atoms with van der Waals surface area (Å²) in [5.41, 5.74) is 3.67. The van der Waals surface area contributed by atoms with Crippen LogP contribution in [0.3, 0.4) is 0 Å². The molecule has 3 aromatic carbocycles. The van der Waals surface area contributed by atoms with Gasteiger partial charge in [0.15, 0.2) is 16.6 Å². The van der Waals surface area contributed by atoms with Crippen molar-refractivity contribution in [1.82, 2.24) is 4.98 Å². The number of ether oxygens (including phenoxy) is 2. The van der Waals surface area contributed by atoms with Crippen LogP contribution < -0.4 is 14.4 Å². The van der Waals surface area contributed by atoms with E-state index in [0.717, 1.165) is 21.3 Å². The molecule has 1 amide bonds.